The van der Waals surface area contributed by atoms with E-state index < -0.39 is 0 Å². The van der Waals surface area contributed by atoms with Crippen molar-refractivity contribution in [3.8, 4) is 0 Å². The van der Waals surface area contributed by atoms with Crippen molar-refractivity contribution in [2.24, 2.45) is 0 Å². The molecule has 1 atom stereocenters. The molecule has 1 heterocycles. The lowest BCUT2D eigenvalue weighted by molar-refractivity contribution is 0.273. The number of nitrogens with one attached hydrogen (secondary N) is 1. The van der Waals surface area contributed by atoms with E-state index in [2.05, 4.69) is 10.3 Å². The second-order valence-electron chi connectivity index (χ2n) is 3.92. The zero-order valence-electron chi connectivity index (χ0n) is 9.58. The second-order valence-corrected chi connectivity index (χ2v) is 3.92. The van der Waals surface area contributed by atoms with Crippen molar-refractivity contribution in [3.63, 3.8) is 0 Å². The van der Waals surface area contributed by atoms with Crippen molar-refractivity contribution in [2.45, 2.75) is 12.5 Å². The van der Waals surface area contributed by atoms with E-state index in [9.17, 15) is 5.11 Å². The molecule has 2 aromatic rings. The molecule has 1 unspecified atom stereocenters. The van der Waals surface area contributed by atoms with Gasteiger partial charge >= 0.3 is 0 Å². The summed E-state index contributed by atoms with van der Waals surface area (Å²) in [5.74, 6) is 0. The third-order valence-corrected chi connectivity index (χ3v) is 2.55. The quantitative estimate of drug-likeness (QED) is 0.823. The first-order valence-corrected chi connectivity index (χ1v) is 5.71. The fraction of sp³-hybridized carbons (Fsp3) is 0.214. The van der Waals surface area contributed by atoms with Crippen LogP contribution in [0.3, 0.4) is 0 Å². The second kappa shape index (κ2) is 6.01. The van der Waals surface area contributed by atoms with Crippen molar-refractivity contribution in [3.05, 3.63) is 60.4 Å². The van der Waals surface area contributed by atoms with E-state index in [1.807, 2.05) is 48.5 Å². The van der Waals surface area contributed by atoms with Gasteiger partial charge < -0.3 is 10.4 Å². The number of aromatic nitrogens is 1. The predicted molar refractivity (Wildman–Crippen MR) is 68.9 cm³/mol. The molecule has 0 fully saturated rings. The lowest BCUT2D eigenvalue weighted by Gasteiger charge is -2.17. The standard InChI is InChI=1S/C14H16N2O/c17-11-14(10-13-8-4-5-9-15-13)16-12-6-2-1-3-7-12/h1-9,14,16-17H,10-11H2. The molecule has 2 rings (SSSR count). The lowest BCUT2D eigenvalue weighted by atomic mass is 10.1. The molecule has 0 spiro atoms. The monoisotopic (exact) mass is 228 g/mol. The Hall–Kier alpha value is -1.87. The third kappa shape index (κ3) is 3.57. The molecule has 0 bridgehead atoms. The van der Waals surface area contributed by atoms with Gasteiger partial charge in [0.1, 0.15) is 0 Å². The van der Waals surface area contributed by atoms with Crippen LogP contribution in [0.25, 0.3) is 0 Å². The lowest BCUT2D eigenvalue weighted by Crippen LogP contribution is -2.26. The molecule has 88 valence electrons. The highest BCUT2D eigenvalue weighted by Gasteiger charge is 2.08. The van der Waals surface area contributed by atoms with E-state index in [1.54, 1.807) is 6.20 Å². The van der Waals surface area contributed by atoms with Crippen LogP contribution in [0.4, 0.5) is 5.69 Å². The molecule has 2 N–H and O–H groups in total. The number of nitrogens with zero attached hydrogens (tertiary/aromatic N) is 1. The van der Waals surface area contributed by atoms with E-state index in [0.29, 0.717) is 6.42 Å². The number of rotatable bonds is 5. The summed E-state index contributed by atoms with van der Waals surface area (Å²) in [6.07, 6.45) is 2.48. The van der Waals surface area contributed by atoms with Gasteiger partial charge in [0.25, 0.3) is 0 Å². The van der Waals surface area contributed by atoms with Gasteiger partial charge in [-0.15, -0.1) is 0 Å². The van der Waals surface area contributed by atoms with Crippen LogP contribution in [0.1, 0.15) is 5.69 Å². The van der Waals surface area contributed by atoms with Crippen LogP contribution in [0, 0.1) is 0 Å². The summed E-state index contributed by atoms with van der Waals surface area (Å²) < 4.78 is 0. The van der Waals surface area contributed by atoms with E-state index in [1.165, 1.54) is 0 Å². The Morgan fingerprint density at radius 2 is 1.82 bits per heavy atom. The van der Waals surface area contributed by atoms with Gasteiger partial charge in [-0.05, 0) is 24.3 Å². The van der Waals surface area contributed by atoms with E-state index >= 15 is 0 Å². The first-order valence-electron chi connectivity index (χ1n) is 5.71. The number of benzene rings is 1. The van der Waals surface area contributed by atoms with Gasteiger partial charge in [0.2, 0.25) is 0 Å². The summed E-state index contributed by atoms with van der Waals surface area (Å²) >= 11 is 0. The van der Waals surface area contributed by atoms with Crippen molar-refractivity contribution < 1.29 is 5.11 Å². The van der Waals surface area contributed by atoms with Crippen LogP contribution in [-0.2, 0) is 6.42 Å². The van der Waals surface area contributed by atoms with Crippen molar-refractivity contribution in [1.82, 2.24) is 4.98 Å². The van der Waals surface area contributed by atoms with Gasteiger partial charge in [-0.1, -0.05) is 24.3 Å². The molecule has 17 heavy (non-hydrogen) atoms. The Labute approximate surface area is 101 Å². The smallest absolute Gasteiger partial charge is 0.0636 e. The SMILES string of the molecule is OCC(Cc1ccccn1)Nc1ccccc1. The Morgan fingerprint density at radius 1 is 1.06 bits per heavy atom. The highest BCUT2D eigenvalue weighted by molar-refractivity contribution is 5.43. The maximum absolute atomic E-state index is 9.36. The van der Waals surface area contributed by atoms with Crippen LogP contribution < -0.4 is 5.32 Å². The molecule has 0 amide bonds. The van der Waals surface area contributed by atoms with Gasteiger partial charge in [-0.25, -0.2) is 0 Å². The molecule has 0 aliphatic carbocycles. The normalized spacial score (nSPS) is 12.1. The number of pyridine rings is 1. The number of aliphatic hydroxyl groups excluding tert-OH is 1. The Morgan fingerprint density at radius 3 is 2.47 bits per heavy atom. The van der Waals surface area contributed by atoms with Crippen molar-refractivity contribution >= 4 is 5.69 Å². The molecule has 0 aliphatic rings. The predicted octanol–water partition coefficient (Wildman–Crippen LogP) is 2.10. The Kier molecular flexibility index (Phi) is 4.11. The minimum Gasteiger partial charge on any atom is -0.394 e. The number of hydrogen-bond donors (Lipinski definition) is 2. The molecule has 0 radical (unpaired) electrons. The average Bonchev–Trinajstić information content (AvgIpc) is 2.40. The molecule has 1 aromatic carbocycles. The Bertz CT molecular complexity index is 389. The van der Waals surface area contributed by atoms with E-state index in [4.69, 9.17) is 0 Å². The highest BCUT2D eigenvalue weighted by Crippen LogP contribution is 2.09. The molecule has 0 saturated carbocycles. The molecule has 3 nitrogen and oxygen atoms in total. The average molecular weight is 228 g/mol. The topological polar surface area (TPSA) is 45.2 Å². The first-order chi connectivity index (χ1) is 8.38. The van der Waals surface area contributed by atoms with Crippen molar-refractivity contribution in [1.29, 1.82) is 0 Å². The number of para-hydroxylation sites is 1. The zero-order valence-corrected chi connectivity index (χ0v) is 9.58. The largest absolute Gasteiger partial charge is 0.394 e. The molecule has 1 aromatic heterocycles. The van der Waals surface area contributed by atoms with Crippen LogP contribution >= 0.6 is 0 Å². The van der Waals surface area contributed by atoms with Gasteiger partial charge in [0.05, 0.1) is 12.6 Å². The summed E-state index contributed by atoms with van der Waals surface area (Å²) in [7, 11) is 0. The van der Waals surface area contributed by atoms with Crippen molar-refractivity contribution in [2.75, 3.05) is 11.9 Å². The van der Waals surface area contributed by atoms with Gasteiger partial charge in [-0.3, -0.25) is 4.98 Å². The summed E-state index contributed by atoms with van der Waals surface area (Å²) in [5, 5.41) is 12.6. The minimum absolute atomic E-state index is 0.00713. The van der Waals surface area contributed by atoms with Crippen LogP contribution in [0.15, 0.2) is 54.7 Å². The van der Waals surface area contributed by atoms with Gasteiger partial charge in [-0.2, -0.15) is 0 Å². The molecule has 0 saturated heterocycles. The van der Waals surface area contributed by atoms with E-state index in [0.717, 1.165) is 11.4 Å². The fourth-order valence-corrected chi connectivity index (χ4v) is 1.70. The highest BCUT2D eigenvalue weighted by atomic mass is 16.3. The number of hydrogen-bond acceptors (Lipinski definition) is 3. The molecular weight excluding hydrogens is 212 g/mol. The zero-order chi connectivity index (χ0) is 11.9. The van der Waals surface area contributed by atoms with Crippen LogP contribution in [0.5, 0.6) is 0 Å². The summed E-state index contributed by atoms with van der Waals surface area (Å²) in [6.45, 7) is 0.0888. The summed E-state index contributed by atoms with van der Waals surface area (Å²) in [6, 6.07) is 15.7. The number of aliphatic hydroxyl groups is 1. The molecule has 3 heteroatoms. The fourth-order valence-electron chi connectivity index (χ4n) is 1.70. The maximum atomic E-state index is 9.36. The number of anilines is 1. The third-order valence-electron chi connectivity index (χ3n) is 2.55. The summed E-state index contributed by atoms with van der Waals surface area (Å²) in [5.41, 5.74) is 2.00. The summed E-state index contributed by atoms with van der Waals surface area (Å²) in [4.78, 5) is 4.26. The minimum atomic E-state index is -0.00713. The van der Waals surface area contributed by atoms with E-state index in [-0.39, 0.29) is 12.6 Å². The van der Waals surface area contributed by atoms with Gasteiger partial charge in [0, 0.05) is 24.0 Å². The van der Waals surface area contributed by atoms with Gasteiger partial charge in [0.15, 0.2) is 0 Å². The molecular formula is C14H16N2O. The molecule has 0 aliphatic heterocycles. The van der Waals surface area contributed by atoms with Crippen LogP contribution in [0.2, 0.25) is 0 Å². The Balaban J connectivity index is 1.98. The van der Waals surface area contributed by atoms with Crippen LogP contribution in [-0.4, -0.2) is 22.7 Å². The first kappa shape index (κ1) is 11.6. The maximum Gasteiger partial charge on any atom is 0.0636 e.